The number of fused-ring (bicyclic) bond motifs is 1. The molecule has 7 nitrogen and oxygen atoms in total. The van der Waals surface area contributed by atoms with Crippen molar-refractivity contribution in [3.05, 3.63) is 35.7 Å². The molecule has 31 heavy (non-hydrogen) atoms. The Morgan fingerprint density at radius 2 is 2.16 bits per heavy atom. The predicted octanol–water partition coefficient (Wildman–Crippen LogP) is 3.96. The van der Waals surface area contributed by atoms with Crippen LogP contribution in [0.25, 0.3) is 22.4 Å². The van der Waals surface area contributed by atoms with E-state index in [1.165, 1.54) is 6.20 Å². The number of H-pyrrole nitrogens is 1. The number of carbonyl (C=O) groups is 1. The highest BCUT2D eigenvalue weighted by Crippen LogP contribution is 2.33. The van der Waals surface area contributed by atoms with E-state index in [0.717, 1.165) is 18.2 Å². The lowest BCUT2D eigenvalue weighted by Crippen LogP contribution is -2.48. The second-order valence-electron chi connectivity index (χ2n) is 7.60. The molecule has 1 fully saturated rings. The molecule has 3 heterocycles. The number of alkyl halides is 3. The minimum Gasteiger partial charge on any atom is -0.345 e. The molecule has 164 valence electrons. The second-order valence-corrected chi connectivity index (χ2v) is 8.03. The molecule has 1 aliphatic rings. The van der Waals surface area contributed by atoms with Crippen molar-refractivity contribution in [2.24, 2.45) is 5.92 Å². The Labute approximate surface area is 181 Å². The van der Waals surface area contributed by atoms with Crippen LogP contribution in [0.2, 0.25) is 5.02 Å². The number of amides is 1. The van der Waals surface area contributed by atoms with Gasteiger partial charge in [0.15, 0.2) is 5.82 Å². The van der Waals surface area contributed by atoms with Gasteiger partial charge in [-0.1, -0.05) is 11.6 Å². The standard InChI is InChI=1S/C20H20ClF3N6O/c1-11(19(31)28-10-20(22,23)24)30(9-12-2-3-12)16-4-5-25-18(29-16)15-8-27-17-14(15)6-13(21)7-26-17/h4-8,11-12H,2-3,9-10H2,1H3,(H,26,27)(H,28,31)/t11-/m1/s1. The number of halogens is 4. The minimum atomic E-state index is -4.47. The molecule has 1 amide bonds. The molecule has 11 heteroatoms. The maximum atomic E-state index is 12.5. The van der Waals surface area contributed by atoms with E-state index in [9.17, 15) is 18.0 Å². The maximum Gasteiger partial charge on any atom is 0.405 e. The molecule has 0 radical (unpaired) electrons. The van der Waals surface area contributed by atoms with Crippen LogP contribution < -0.4 is 10.2 Å². The molecule has 1 saturated carbocycles. The number of nitrogens with one attached hydrogen (secondary N) is 2. The van der Waals surface area contributed by atoms with Gasteiger partial charge >= 0.3 is 6.18 Å². The number of aromatic nitrogens is 4. The quantitative estimate of drug-likeness (QED) is 0.566. The van der Waals surface area contributed by atoms with Crippen LogP contribution in [0.1, 0.15) is 19.8 Å². The Morgan fingerprint density at radius 1 is 1.39 bits per heavy atom. The van der Waals surface area contributed by atoms with Gasteiger partial charge in [-0.3, -0.25) is 4.79 Å². The van der Waals surface area contributed by atoms with E-state index >= 15 is 0 Å². The Bertz CT molecular complexity index is 1100. The first-order valence-electron chi connectivity index (χ1n) is 9.78. The van der Waals surface area contributed by atoms with Gasteiger partial charge in [0, 0.05) is 36.1 Å². The van der Waals surface area contributed by atoms with Crippen LogP contribution in [0.5, 0.6) is 0 Å². The van der Waals surface area contributed by atoms with E-state index in [1.54, 1.807) is 36.4 Å². The van der Waals surface area contributed by atoms with Gasteiger partial charge in [-0.05, 0) is 37.8 Å². The molecule has 0 unspecified atom stereocenters. The largest absolute Gasteiger partial charge is 0.405 e. The van der Waals surface area contributed by atoms with Crippen molar-refractivity contribution in [2.45, 2.75) is 32.0 Å². The lowest BCUT2D eigenvalue weighted by Gasteiger charge is -2.29. The number of rotatable bonds is 7. The van der Waals surface area contributed by atoms with E-state index < -0.39 is 24.7 Å². The van der Waals surface area contributed by atoms with Crippen molar-refractivity contribution in [1.82, 2.24) is 25.3 Å². The average molecular weight is 453 g/mol. The first-order chi connectivity index (χ1) is 14.7. The SMILES string of the molecule is C[C@H](C(=O)NCC(F)(F)F)N(CC1CC1)c1ccnc(-c2c[nH]c3ncc(Cl)cc23)n1. The molecule has 0 aromatic carbocycles. The second kappa shape index (κ2) is 8.33. The third kappa shape index (κ3) is 5.07. The zero-order valence-corrected chi connectivity index (χ0v) is 17.3. The monoisotopic (exact) mass is 452 g/mol. The summed E-state index contributed by atoms with van der Waals surface area (Å²) in [6, 6.07) is 2.57. The molecule has 0 aliphatic heterocycles. The molecule has 1 atom stereocenters. The van der Waals surface area contributed by atoms with Crippen LogP contribution in [0, 0.1) is 5.92 Å². The molecule has 3 aromatic heterocycles. The summed E-state index contributed by atoms with van der Waals surface area (Å²) in [5.74, 6) is 0.543. The Balaban J connectivity index is 1.63. The molecule has 2 N–H and O–H groups in total. The normalized spacial score (nSPS) is 15.1. The van der Waals surface area contributed by atoms with Crippen LogP contribution in [0.4, 0.5) is 19.0 Å². The van der Waals surface area contributed by atoms with Gasteiger partial charge in [0.25, 0.3) is 0 Å². The summed E-state index contributed by atoms with van der Waals surface area (Å²) in [6.07, 6.45) is 2.37. The van der Waals surface area contributed by atoms with Crippen LogP contribution in [0.3, 0.4) is 0 Å². The molecule has 1 aliphatic carbocycles. The number of hydrogen-bond acceptors (Lipinski definition) is 5. The fourth-order valence-corrected chi connectivity index (χ4v) is 3.46. The van der Waals surface area contributed by atoms with Gasteiger partial charge in [-0.25, -0.2) is 15.0 Å². The maximum absolute atomic E-state index is 12.5. The molecule has 0 bridgehead atoms. The van der Waals surface area contributed by atoms with Crippen LogP contribution in [0.15, 0.2) is 30.7 Å². The van der Waals surface area contributed by atoms with Crippen molar-refractivity contribution in [2.75, 3.05) is 18.0 Å². The highest BCUT2D eigenvalue weighted by Gasteiger charge is 2.33. The topological polar surface area (TPSA) is 86.8 Å². The van der Waals surface area contributed by atoms with E-state index in [-0.39, 0.29) is 0 Å². The molecular formula is C20H20ClF3N6O. The van der Waals surface area contributed by atoms with Crippen molar-refractivity contribution in [3.8, 4) is 11.4 Å². The highest BCUT2D eigenvalue weighted by atomic mass is 35.5. The van der Waals surface area contributed by atoms with Crippen molar-refractivity contribution in [3.63, 3.8) is 0 Å². The van der Waals surface area contributed by atoms with Gasteiger partial charge in [0.05, 0.1) is 5.02 Å². The zero-order valence-electron chi connectivity index (χ0n) is 16.6. The van der Waals surface area contributed by atoms with Crippen LogP contribution in [-0.4, -0.2) is 51.2 Å². The number of aromatic amines is 1. The summed E-state index contributed by atoms with van der Waals surface area (Å²) < 4.78 is 37.6. The number of hydrogen-bond donors (Lipinski definition) is 2. The third-order valence-corrected chi connectivity index (χ3v) is 5.34. The lowest BCUT2D eigenvalue weighted by atomic mass is 10.2. The van der Waals surface area contributed by atoms with Crippen LogP contribution in [-0.2, 0) is 4.79 Å². The summed E-state index contributed by atoms with van der Waals surface area (Å²) in [7, 11) is 0. The van der Waals surface area contributed by atoms with Crippen molar-refractivity contribution >= 4 is 34.4 Å². The van der Waals surface area contributed by atoms with E-state index in [2.05, 4.69) is 19.9 Å². The molecule has 4 rings (SSSR count). The van der Waals surface area contributed by atoms with E-state index in [0.29, 0.717) is 40.3 Å². The fraction of sp³-hybridized carbons (Fsp3) is 0.400. The van der Waals surface area contributed by atoms with Crippen molar-refractivity contribution < 1.29 is 18.0 Å². The summed E-state index contributed by atoms with van der Waals surface area (Å²) >= 11 is 6.07. The van der Waals surface area contributed by atoms with Gasteiger partial charge in [-0.2, -0.15) is 13.2 Å². The van der Waals surface area contributed by atoms with Gasteiger partial charge in [0.1, 0.15) is 24.1 Å². The summed E-state index contributed by atoms with van der Waals surface area (Å²) in [5, 5.41) is 3.17. The summed E-state index contributed by atoms with van der Waals surface area (Å²) in [4.78, 5) is 30.4. The number of carbonyl (C=O) groups excluding carboxylic acids is 1. The molecular weight excluding hydrogens is 433 g/mol. The van der Waals surface area contributed by atoms with Gasteiger partial charge in [0.2, 0.25) is 5.91 Å². The predicted molar refractivity (Wildman–Crippen MR) is 111 cm³/mol. The van der Waals surface area contributed by atoms with Crippen LogP contribution >= 0.6 is 11.6 Å². The minimum absolute atomic E-state index is 0.382. The van der Waals surface area contributed by atoms with E-state index in [1.807, 2.05) is 5.32 Å². The Kier molecular flexibility index (Phi) is 5.74. The van der Waals surface area contributed by atoms with Gasteiger partial charge < -0.3 is 15.2 Å². The summed E-state index contributed by atoms with van der Waals surface area (Å²) in [5.41, 5.74) is 1.32. The number of pyridine rings is 1. The third-order valence-electron chi connectivity index (χ3n) is 5.14. The molecule has 0 saturated heterocycles. The van der Waals surface area contributed by atoms with Gasteiger partial charge in [-0.15, -0.1) is 0 Å². The smallest absolute Gasteiger partial charge is 0.345 e. The summed E-state index contributed by atoms with van der Waals surface area (Å²) in [6.45, 7) is 0.731. The van der Waals surface area contributed by atoms with E-state index in [4.69, 9.17) is 11.6 Å². The Morgan fingerprint density at radius 3 is 2.87 bits per heavy atom. The Hall–Kier alpha value is -2.88. The average Bonchev–Trinajstić information content (AvgIpc) is 3.46. The number of anilines is 1. The zero-order chi connectivity index (χ0) is 22.2. The molecule has 3 aromatic rings. The highest BCUT2D eigenvalue weighted by molar-refractivity contribution is 6.31. The molecule has 0 spiro atoms. The first kappa shape index (κ1) is 21.4. The lowest BCUT2D eigenvalue weighted by molar-refractivity contribution is -0.139. The first-order valence-corrected chi connectivity index (χ1v) is 10.2. The fourth-order valence-electron chi connectivity index (χ4n) is 3.31. The van der Waals surface area contributed by atoms with Crippen molar-refractivity contribution in [1.29, 1.82) is 0 Å². The number of nitrogens with zero attached hydrogens (tertiary/aromatic N) is 4.